The van der Waals surface area contributed by atoms with Gasteiger partial charge in [0.1, 0.15) is 0 Å². The van der Waals surface area contributed by atoms with Crippen molar-refractivity contribution in [2.75, 3.05) is 26.2 Å². The maximum atomic E-state index is 13.3. The highest BCUT2D eigenvalue weighted by Crippen LogP contribution is 2.44. The Morgan fingerprint density at radius 2 is 1.71 bits per heavy atom. The van der Waals surface area contributed by atoms with E-state index in [9.17, 15) is 26.7 Å². The summed E-state index contributed by atoms with van der Waals surface area (Å²) in [5.74, 6) is 0. The molecule has 1 N–H and O–H groups in total. The van der Waals surface area contributed by atoms with E-state index in [0.717, 1.165) is 43.7 Å². The summed E-state index contributed by atoms with van der Waals surface area (Å²) >= 11 is 0. The number of piperazine rings is 1. The van der Waals surface area contributed by atoms with E-state index < -0.39 is 27.4 Å². The first kappa shape index (κ1) is 25.1. The van der Waals surface area contributed by atoms with Gasteiger partial charge in [-0.3, -0.25) is 9.88 Å². The van der Waals surface area contributed by atoms with Crippen molar-refractivity contribution in [2.45, 2.75) is 61.2 Å². The molecule has 0 bridgehead atoms. The number of hydrogen-bond donors (Lipinski definition) is 1. The summed E-state index contributed by atoms with van der Waals surface area (Å²) in [5, 5.41) is 9.84. The normalized spacial score (nSPS) is 23.8. The van der Waals surface area contributed by atoms with E-state index in [2.05, 4.69) is 22.0 Å². The van der Waals surface area contributed by atoms with Gasteiger partial charge in [0.05, 0.1) is 4.90 Å². The van der Waals surface area contributed by atoms with E-state index >= 15 is 0 Å². The highest BCUT2D eigenvalue weighted by Gasteiger charge is 2.51. The van der Waals surface area contributed by atoms with Gasteiger partial charge < -0.3 is 5.11 Å². The van der Waals surface area contributed by atoms with Gasteiger partial charge in [-0.05, 0) is 62.1 Å². The number of nitrogens with zero attached hydrogens (tertiary/aromatic N) is 3. The van der Waals surface area contributed by atoms with Crippen molar-refractivity contribution >= 4 is 10.0 Å². The lowest BCUT2D eigenvalue weighted by molar-refractivity contribution is -0.258. The fraction of sp³-hybridized carbons (Fsp3) is 0.542. The summed E-state index contributed by atoms with van der Waals surface area (Å²) < 4.78 is 67.2. The van der Waals surface area contributed by atoms with Gasteiger partial charge in [-0.2, -0.15) is 17.5 Å². The minimum Gasteiger partial charge on any atom is -0.376 e. The zero-order valence-electron chi connectivity index (χ0n) is 19.3. The van der Waals surface area contributed by atoms with Crippen molar-refractivity contribution in [1.82, 2.24) is 14.2 Å². The zero-order valence-corrected chi connectivity index (χ0v) is 20.1. The van der Waals surface area contributed by atoms with E-state index in [1.807, 2.05) is 19.3 Å². The van der Waals surface area contributed by atoms with Crippen LogP contribution in [0.15, 0.2) is 53.7 Å². The maximum absolute atomic E-state index is 13.3. The number of aromatic nitrogens is 1. The molecular weight excluding hydrogens is 467 g/mol. The van der Waals surface area contributed by atoms with Crippen molar-refractivity contribution in [3.8, 4) is 0 Å². The summed E-state index contributed by atoms with van der Waals surface area (Å²) in [4.78, 5) is 6.34. The van der Waals surface area contributed by atoms with Gasteiger partial charge in [0.2, 0.25) is 10.0 Å². The van der Waals surface area contributed by atoms with E-state index in [1.54, 1.807) is 0 Å². The number of rotatable bonds is 6. The van der Waals surface area contributed by atoms with Crippen LogP contribution in [0.5, 0.6) is 0 Å². The van der Waals surface area contributed by atoms with Crippen LogP contribution in [0.3, 0.4) is 0 Å². The lowest BCUT2D eigenvalue weighted by atomic mass is 9.64. The Balaban J connectivity index is 1.46. The number of benzene rings is 1. The van der Waals surface area contributed by atoms with Crippen molar-refractivity contribution in [3.05, 3.63) is 59.9 Å². The Hall–Kier alpha value is -2.01. The van der Waals surface area contributed by atoms with Crippen molar-refractivity contribution < 1.29 is 26.7 Å². The molecule has 34 heavy (non-hydrogen) atoms. The largest absolute Gasteiger partial charge is 0.421 e. The molecule has 2 atom stereocenters. The number of aliphatic hydroxyl groups is 1. The second-order valence-electron chi connectivity index (χ2n) is 9.66. The molecule has 1 saturated heterocycles. The third kappa shape index (κ3) is 4.48. The molecule has 0 amide bonds. The minimum atomic E-state index is -4.87. The Bertz CT molecular complexity index is 1100. The van der Waals surface area contributed by atoms with Gasteiger partial charge in [0.25, 0.3) is 0 Å². The second-order valence-corrected chi connectivity index (χ2v) is 11.6. The van der Waals surface area contributed by atoms with Crippen LogP contribution >= 0.6 is 0 Å². The van der Waals surface area contributed by atoms with Crippen LogP contribution < -0.4 is 0 Å². The minimum absolute atomic E-state index is 0.0783. The quantitative estimate of drug-likeness (QED) is 0.659. The number of hydrogen-bond acceptors (Lipinski definition) is 5. The lowest BCUT2D eigenvalue weighted by Crippen LogP contribution is -2.57. The molecule has 6 nitrogen and oxygen atoms in total. The highest BCUT2D eigenvalue weighted by molar-refractivity contribution is 7.89. The molecular formula is C24H30F3N3O3S. The number of pyridine rings is 1. The molecule has 1 aliphatic carbocycles. The van der Waals surface area contributed by atoms with Gasteiger partial charge in [-0.1, -0.05) is 18.6 Å². The maximum Gasteiger partial charge on any atom is 0.421 e. The first-order chi connectivity index (χ1) is 15.9. The molecule has 1 unspecified atom stereocenters. The molecule has 0 spiro atoms. The van der Waals surface area contributed by atoms with E-state index in [0.29, 0.717) is 26.6 Å². The SMILES string of the molecule is C[C@@H]1CN(CC2(c3ccncc3)CCC2)CCN1S(=O)(=O)c1ccc(C(C)(O)C(F)(F)F)cc1. The van der Waals surface area contributed by atoms with E-state index in [-0.39, 0.29) is 16.4 Å². The van der Waals surface area contributed by atoms with Crippen molar-refractivity contribution in [1.29, 1.82) is 0 Å². The van der Waals surface area contributed by atoms with Crippen LogP contribution in [0.4, 0.5) is 13.2 Å². The molecule has 186 valence electrons. The van der Waals surface area contributed by atoms with E-state index in [4.69, 9.17) is 0 Å². The van der Waals surface area contributed by atoms with Gasteiger partial charge in [-0.15, -0.1) is 0 Å². The Morgan fingerprint density at radius 3 is 2.21 bits per heavy atom. The van der Waals surface area contributed by atoms with Crippen molar-refractivity contribution in [3.63, 3.8) is 0 Å². The predicted octanol–water partition coefficient (Wildman–Crippen LogP) is 3.67. The Labute approximate surface area is 198 Å². The first-order valence-electron chi connectivity index (χ1n) is 11.4. The summed E-state index contributed by atoms with van der Waals surface area (Å²) in [6.45, 7) is 4.82. The lowest BCUT2D eigenvalue weighted by Gasteiger charge is -2.48. The first-order valence-corrected chi connectivity index (χ1v) is 12.9. The predicted molar refractivity (Wildman–Crippen MR) is 122 cm³/mol. The van der Waals surface area contributed by atoms with Gasteiger partial charge in [-0.25, -0.2) is 8.42 Å². The molecule has 2 heterocycles. The third-order valence-electron chi connectivity index (χ3n) is 7.36. The van der Waals surface area contributed by atoms with Crippen LogP contribution in [0.1, 0.15) is 44.2 Å². The molecule has 1 saturated carbocycles. The van der Waals surface area contributed by atoms with Crippen molar-refractivity contribution in [2.24, 2.45) is 0 Å². The summed E-state index contributed by atoms with van der Waals surface area (Å²) in [5.41, 5.74) is -2.11. The van der Waals surface area contributed by atoms with Crippen LogP contribution in [0, 0.1) is 0 Å². The molecule has 2 aromatic rings. The molecule has 4 rings (SSSR count). The monoisotopic (exact) mass is 497 g/mol. The topological polar surface area (TPSA) is 73.7 Å². The van der Waals surface area contributed by atoms with Crippen LogP contribution in [-0.4, -0.2) is 66.1 Å². The smallest absolute Gasteiger partial charge is 0.376 e. The average molecular weight is 498 g/mol. The highest BCUT2D eigenvalue weighted by atomic mass is 32.2. The molecule has 1 aromatic carbocycles. The summed E-state index contributed by atoms with van der Waals surface area (Å²) in [7, 11) is -3.88. The Morgan fingerprint density at radius 1 is 1.09 bits per heavy atom. The zero-order chi connectivity index (χ0) is 24.8. The van der Waals surface area contributed by atoms with E-state index in [1.165, 1.54) is 16.3 Å². The van der Waals surface area contributed by atoms with Crippen LogP contribution in [0.2, 0.25) is 0 Å². The second kappa shape index (κ2) is 8.89. The fourth-order valence-electron chi connectivity index (χ4n) is 5.04. The fourth-order valence-corrected chi connectivity index (χ4v) is 6.66. The molecule has 1 aromatic heterocycles. The van der Waals surface area contributed by atoms with Crippen LogP contribution in [0.25, 0.3) is 0 Å². The summed E-state index contributed by atoms with van der Waals surface area (Å²) in [6, 6.07) is 8.15. The molecule has 10 heteroatoms. The average Bonchev–Trinajstić information content (AvgIpc) is 2.76. The third-order valence-corrected chi connectivity index (χ3v) is 9.38. The van der Waals surface area contributed by atoms with Gasteiger partial charge >= 0.3 is 6.18 Å². The van der Waals surface area contributed by atoms with Gasteiger partial charge in [0, 0.05) is 50.0 Å². The number of sulfonamides is 1. The summed E-state index contributed by atoms with van der Waals surface area (Å²) in [6.07, 6.45) is 2.11. The van der Waals surface area contributed by atoms with Gasteiger partial charge in [0.15, 0.2) is 5.60 Å². The Kier molecular flexibility index (Phi) is 6.56. The standard InChI is InChI=1S/C24H30F3N3O3S/c1-18-16-29(17-23(10-3-11-23)20-8-12-28-13-9-20)14-15-30(18)34(32,33)21-6-4-19(5-7-21)22(2,31)24(25,26)27/h4-9,12-13,18,31H,3,10-11,14-17H2,1-2H3/t18-,22?/m1/s1. The molecule has 2 fully saturated rings. The molecule has 0 radical (unpaired) electrons. The number of alkyl halides is 3. The molecule has 1 aliphatic heterocycles. The molecule has 2 aliphatic rings. The van der Waals surface area contributed by atoms with Crippen LogP contribution in [-0.2, 0) is 21.0 Å². The number of halogens is 3.